The van der Waals surface area contributed by atoms with E-state index in [-0.39, 0.29) is 5.92 Å². The molecule has 1 rings (SSSR count). The summed E-state index contributed by atoms with van der Waals surface area (Å²) in [4.78, 5) is 5.94. The Bertz CT molecular complexity index is 345. The Morgan fingerprint density at radius 3 is 1.94 bits per heavy atom. The van der Waals surface area contributed by atoms with Gasteiger partial charge < -0.3 is 14.9 Å². The Morgan fingerprint density at radius 2 is 1.59 bits per heavy atom. The fraction of sp³-hybridized carbons (Fsp3) is 0.692. The fourth-order valence-electron chi connectivity index (χ4n) is 2.17. The van der Waals surface area contributed by atoms with Crippen LogP contribution < -0.4 is 0 Å². The minimum atomic E-state index is -0.937. The maximum absolute atomic E-state index is 10.8. The van der Waals surface area contributed by atoms with Gasteiger partial charge in [0.1, 0.15) is 5.72 Å². The summed E-state index contributed by atoms with van der Waals surface area (Å²) in [6.07, 6.45) is 4.05. The first kappa shape index (κ1) is 14.1. The van der Waals surface area contributed by atoms with Gasteiger partial charge in [-0.15, -0.1) is 0 Å². The van der Waals surface area contributed by atoms with E-state index < -0.39 is 5.72 Å². The van der Waals surface area contributed by atoms with E-state index in [4.69, 9.17) is 0 Å². The Morgan fingerprint density at radius 1 is 1.06 bits per heavy atom. The minimum absolute atomic E-state index is 0.0381. The molecule has 0 saturated heterocycles. The molecule has 0 aliphatic heterocycles. The SMILES string of the molecule is CC1C(N(C)C)=CC(N(C)C)=CC1(O)N(C)C. The van der Waals surface area contributed by atoms with Crippen LogP contribution in [0.25, 0.3) is 0 Å². The Balaban J connectivity index is 3.25. The molecule has 0 amide bonds. The van der Waals surface area contributed by atoms with Crippen molar-refractivity contribution in [3.63, 3.8) is 0 Å². The van der Waals surface area contributed by atoms with Gasteiger partial charge in [0.15, 0.2) is 0 Å². The summed E-state index contributed by atoms with van der Waals surface area (Å²) >= 11 is 0. The van der Waals surface area contributed by atoms with Crippen LogP contribution >= 0.6 is 0 Å². The van der Waals surface area contributed by atoms with Crippen molar-refractivity contribution in [3.8, 4) is 0 Å². The molecule has 0 aromatic heterocycles. The highest BCUT2D eigenvalue weighted by Crippen LogP contribution is 2.35. The van der Waals surface area contributed by atoms with E-state index >= 15 is 0 Å². The number of nitrogens with zero attached hydrogens (tertiary/aromatic N) is 3. The van der Waals surface area contributed by atoms with E-state index in [1.807, 2.05) is 58.2 Å². The van der Waals surface area contributed by atoms with E-state index in [1.54, 1.807) is 0 Å². The first-order valence-electron chi connectivity index (χ1n) is 5.89. The van der Waals surface area contributed by atoms with Crippen LogP contribution in [0.2, 0.25) is 0 Å². The van der Waals surface area contributed by atoms with E-state index in [2.05, 4.69) is 17.9 Å². The van der Waals surface area contributed by atoms with Crippen LogP contribution in [-0.2, 0) is 0 Å². The van der Waals surface area contributed by atoms with Crippen molar-refractivity contribution in [2.45, 2.75) is 12.6 Å². The van der Waals surface area contributed by atoms with Crippen molar-refractivity contribution in [3.05, 3.63) is 23.5 Å². The van der Waals surface area contributed by atoms with E-state index in [0.717, 1.165) is 11.4 Å². The zero-order chi connectivity index (χ0) is 13.4. The van der Waals surface area contributed by atoms with Crippen LogP contribution in [0, 0.1) is 5.92 Å². The summed E-state index contributed by atoms with van der Waals surface area (Å²) in [5.41, 5.74) is 1.23. The number of rotatable bonds is 3. The number of allylic oxidation sites excluding steroid dienone is 1. The number of likely N-dealkylation sites (N-methyl/N-ethyl adjacent to an activating group) is 2. The summed E-state index contributed by atoms with van der Waals surface area (Å²) in [5.74, 6) is 0.0381. The molecule has 2 unspecified atom stereocenters. The number of hydrogen-bond acceptors (Lipinski definition) is 4. The van der Waals surface area contributed by atoms with Gasteiger partial charge in [-0.1, -0.05) is 6.92 Å². The van der Waals surface area contributed by atoms with Crippen LogP contribution in [0.15, 0.2) is 23.5 Å². The molecule has 98 valence electrons. The summed E-state index contributed by atoms with van der Waals surface area (Å²) in [6.45, 7) is 2.05. The van der Waals surface area contributed by atoms with Gasteiger partial charge >= 0.3 is 0 Å². The van der Waals surface area contributed by atoms with Crippen molar-refractivity contribution in [2.24, 2.45) is 5.92 Å². The van der Waals surface area contributed by atoms with Crippen molar-refractivity contribution in [2.75, 3.05) is 42.3 Å². The molecule has 0 saturated carbocycles. The molecule has 1 aliphatic rings. The van der Waals surface area contributed by atoms with E-state index in [1.165, 1.54) is 0 Å². The van der Waals surface area contributed by atoms with Gasteiger partial charge in [0, 0.05) is 45.5 Å². The van der Waals surface area contributed by atoms with E-state index in [0.29, 0.717) is 0 Å². The summed E-state index contributed by atoms with van der Waals surface area (Å²) in [5, 5.41) is 10.8. The van der Waals surface area contributed by atoms with Crippen LogP contribution in [0.1, 0.15) is 6.92 Å². The molecule has 4 heteroatoms. The highest BCUT2D eigenvalue weighted by atomic mass is 16.3. The van der Waals surface area contributed by atoms with Crippen molar-refractivity contribution in [1.29, 1.82) is 0 Å². The zero-order valence-corrected chi connectivity index (χ0v) is 12.0. The second kappa shape index (κ2) is 4.70. The predicted molar refractivity (Wildman–Crippen MR) is 71.3 cm³/mol. The molecule has 0 radical (unpaired) electrons. The standard InChI is InChI=1S/C13H25N3O/c1-10-12(15(4)5)8-11(14(2)3)9-13(10,17)16(6)7/h8-10,17H,1-7H3. The van der Waals surface area contributed by atoms with Crippen molar-refractivity contribution < 1.29 is 5.11 Å². The number of aliphatic hydroxyl groups is 1. The average molecular weight is 239 g/mol. The molecule has 0 aromatic rings. The van der Waals surface area contributed by atoms with Gasteiger partial charge in [-0.2, -0.15) is 0 Å². The Kier molecular flexibility index (Phi) is 3.89. The molecular weight excluding hydrogens is 214 g/mol. The zero-order valence-electron chi connectivity index (χ0n) is 12.0. The smallest absolute Gasteiger partial charge is 0.147 e. The monoisotopic (exact) mass is 239 g/mol. The third-order valence-electron chi connectivity index (χ3n) is 3.49. The second-order valence-electron chi connectivity index (χ2n) is 5.33. The Labute approximate surface area is 105 Å². The molecule has 0 bridgehead atoms. The maximum atomic E-state index is 10.8. The molecule has 0 spiro atoms. The van der Waals surface area contributed by atoms with Crippen LogP contribution in [-0.4, -0.2) is 67.8 Å². The van der Waals surface area contributed by atoms with Gasteiger partial charge in [-0.3, -0.25) is 4.90 Å². The second-order valence-corrected chi connectivity index (χ2v) is 5.33. The lowest BCUT2D eigenvalue weighted by Gasteiger charge is -2.43. The molecule has 4 nitrogen and oxygen atoms in total. The summed E-state index contributed by atoms with van der Waals surface area (Å²) in [6, 6.07) is 0. The molecule has 1 aliphatic carbocycles. The molecule has 0 fully saturated rings. The first-order valence-corrected chi connectivity index (χ1v) is 5.89. The minimum Gasteiger partial charge on any atom is -0.381 e. The van der Waals surface area contributed by atoms with Crippen molar-refractivity contribution >= 4 is 0 Å². The maximum Gasteiger partial charge on any atom is 0.147 e. The van der Waals surface area contributed by atoms with Gasteiger partial charge in [0.25, 0.3) is 0 Å². The lowest BCUT2D eigenvalue weighted by atomic mass is 9.86. The van der Waals surface area contributed by atoms with Crippen molar-refractivity contribution in [1.82, 2.24) is 14.7 Å². The fourth-order valence-corrected chi connectivity index (χ4v) is 2.17. The van der Waals surface area contributed by atoms with Gasteiger partial charge in [-0.05, 0) is 26.2 Å². The largest absolute Gasteiger partial charge is 0.381 e. The van der Waals surface area contributed by atoms with Gasteiger partial charge in [0.05, 0.1) is 0 Å². The first-order chi connectivity index (χ1) is 7.70. The highest BCUT2D eigenvalue weighted by molar-refractivity contribution is 5.33. The lowest BCUT2D eigenvalue weighted by molar-refractivity contribution is -0.0776. The molecule has 2 atom stereocenters. The predicted octanol–water partition coefficient (Wildman–Crippen LogP) is 0.777. The molecule has 0 heterocycles. The summed E-state index contributed by atoms with van der Waals surface area (Å²) in [7, 11) is 11.8. The van der Waals surface area contributed by atoms with Crippen LogP contribution in [0.5, 0.6) is 0 Å². The number of hydrogen-bond donors (Lipinski definition) is 1. The lowest BCUT2D eigenvalue weighted by Crippen LogP contribution is -2.52. The summed E-state index contributed by atoms with van der Waals surface area (Å²) < 4.78 is 0. The highest BCUT2D eigenvalue weighted by Gasteiger charge is 2.40. The average Bonchev–Trinajstić information content (AvgIpc) is 2.20. The van der Waals surface area contributed by atoms with E-state index in [9.17, 15) is 5.11 Å². The molecule has 1 N–H and O–H groups in total. The third-order valence-corrected chi connectivity index (χ3v) is 3.49. The molecule has 0 aromatic carbocycles. The molecular formula is C13H25N3O. The normalized spacial score (nSPS) is 28.9. The topological polar surface area (TPSA) is 30.0 Å². The van der Waals surface area contributed by atoms with Crippen LogP contribution in [0.3, 0.4) is 0 Å². The quantitative estimate of drug-likeness (QED) is 0.737. The van der Waals surface area contributed by atoms with Crippen LogP contribution in [0.4, 0.5) is 0 Å². The third kappa shape index (κ3) is 2.48. The van der Waals surface area contributed by atoms with Gasteiger partial charge in [-0.25, -0.2) is 0 Å². The Hall–Kier alpha value is -1.00. The molecule has 17 heavy (non-hydrogen) atoms. The van der Waals surface area contributed by atoms with Gasteiger partial charge in [0.2, 0.25) is 0 Å².